The van der Waals surface area contributed by atoms with Crippen molar-refractivity contribution in [1.82, 2.24) is 9.62 Å². The van der Waals surface area contributed by atoms with Gasteiger partial charge in [0, 0.05) is 13.1 Å². The maximum Gasteiger partial charge on any atom is 0.212 e. The first-order valence-corrected chi connectivity index (χ1v) is 10.1. The molecule has 24 heavy (non-hydrogen) atoms. The van der Waals surface area contributed by atoms with Gasteiger partial charge in [-0.1, -0.05) is 37.3 Å². The van der Waals surface area contributed by atoms with Crippen molar-refractivity contribution in [3.63, 3.8) is 0 Å². The Kier molecular flexibility index (Phi) is 7.18. The predicted octanol–water partition coefficient (Wildman–Crippen LogP) is 0.619. The Bertz CT molecular complexity index is 594. The van der Waals surface area contributed by atoms with Gasteiger partial charge in [0.25, 0.3) is 0 Å². The minimum Gasteiger partial charge on any atom is -0.389 e. The van der Waals surface area contributed by atoms with Gasteiger partial charge in [-0.15, -0.1) is 0 Å². The Balaban J connectivity index is 1.79. The third-order valence-corrected chi connectivity index (χ3v) is 5.81. The zero-order chi connectivity index (χ0) is 17.6. The van der Waals surface area contributed by atoms with Gasteiger partial charge in [-0.3, -0.25) is 0 Å². The van der Waals surface area contributed by atoms with Crippen LogP contribution < -0.4 is 4.72 Å². The Morgan fingerprint density at radius 2 is 2.04 bits per heavy atom. The van der Waals surface area contributed by atoms with Gasteiger partial charge in [-0.2, -0.15) is 0 Å². The smallest absolute Gasteiger partial charge is 0.212 e. The fourth-order valence-corrected chi connectivity index (χ4v) is 4.19. The highest BCUT2D eigenvalue weighted by atomic mass is 32.2. The molecule has 0 spiro atoms. The summed E-state index contributed by atoms with van der Waals surface area (Å²) in [5.74, 6) is 0.0673. The zero-order valence-electron chi connectivity index (χ0n) is 14.4. The lowest BCUT2D eigenvalue weighted by atomic mass is 10.1. The molecule has 2 N–H and O–H groups in total. The first kappa shape index (κ1) is 19.3. The SMILES string of the molecule is CCCS(=O)(=O)NC1COC(CN(C)CCc2ccccc2)C1O. The summed E-state index contributed by atoms with van der Waals surface area (Å²) in [6.07, 6.45) is 0.271. The number of rotatable bonds is 9. The van der Waals surface area contributed by atoms with E-state index in [0.717, 1.165) is 13.0 Å². The highest BCUT2D eigenvalue weighted by molar-refractivity contribution is 7.89. The third-order valence-electron chi connectivity index (χ3n) is 4.20. The van der Waals surface area contributed by atoms with Crippen molar-refractivity contribution < 1.29 is 18.3 Å². The molecule has 0 bridgehead atoms. The molecule has 0 aliphatic carbocycles. The summed E-state index contributed by atoms with van der Waals surface area (Å²) >= 11 is 0. The maximum atomic E-state index is 11.8. The molecule has 1 aliphatic heterocycles. The number of hydrogen-bond donors (Lipinski definition) is 2. The number of hydrogen-bond acceptors (Lipinski definition) is 5. The monoisotopic (exact) mass is 356 g/mol. The fourth-order valence-electron chi connectivity index (χ4n) is 2.87. The van der Waals surface area contributed by atoms with Gasteiger partial charge in [0.15, 0.2) is 0 Å². The molecule has 136 valence electrons. The number of aliphatic hydroxyl groups is 1. The van der Waals surface area contributed by atoms with E-state index in [2.05, 4.69) is 21.8 Å². The number of benzene rings is 1. The van der Waals surface area contributed by atoms with Crippen molar-refractivity contribution in [2.24, 2.45) is 0 Å². The summed E-state index contributed by atoms with van der Waals surface area (Å²) in [7, 11) is -1.37. The molecule has 0 aromatic heterocycles. The lowest BCUT2D eigenvalue weighted by Gasteiger charge is -2.23. The average Bonchev–Trinajstić information content (AvgIpc) is 2.86. The van der Waals surface area contributed by atoms with Crippen LogP contribution in [0.2, 0.25) is 0 Å². The van der Waals surface area contributed by atoms with E-state index in [9.17, 15) is 13.5 Å². The molecule has 0 radical (unpaired) electrons. The van der Waals surface area contributed by atoms with Crippen LogP contribution in [0.5, 0.6) is 0 Å². The number of aliphatic hydroxyl groups excluding tert-OH is 1. The van der Waals surface area contributed by atoms with Gasteiger partial charge >= 0.3 is 0 Å². The number of sulfonamides is 1. The largest absolute Gasteiger partial charge is 0.389 e. The van der Waals surface area contributed by atoms with E-state index in [1.807, 2.05) is 32.2 Å². The van der Waals surface area contributed by atoms with Crippen LogP contribution in [-0.4, -0.2) is 69.2 Å². The van der Waals surface area contributed by atoms with E-state index in [-0.39, 0.29) is 18.5 Å². The number of nitrogens with one attached hydrogen (secondary N) is 1. The van der Waals surface area contributed by atoms with Gasteiger partial charge in [-0.25, -0.2) is 13.1 Å². The van der Waals surface area contributed by atoms with Crippen LogP contribution in [0.4, 0.5) is 0 Å². The van der Waals surface area contributed by atoms with Crippen LogP contribution in [0.1, 0.15) is 18.9 Å². The molecule has 1 aromatic rings. The van der Waals surface area contributed by atoms with Gasteiger partial charge in [0.05, 0.1) is 30.6 Å². The lowest BCUT2D eigenvalue weighted by molar-refractivity contribution is 0.0207. The van der Waals surface area contributed by atoms with Crippen molar-refractivity contribution in [2.75, 3.05) is 32.5 Å². The normalized spacial score (nSPS) is 24.6. The van der Waals surface area contributed by atoms with Gasteiger partial charge in [0.1, 0.15) is 0 Å². The molecule has 3 atom stereocenters. The highest BCUT2D eigenvalue weighted by Gasteiger charge is 2.38. The van der Waals surface area contributed by atoms with E-state index < -0.39 is 22.2 Å². The number of nitrogens with zero attached hydrogens (tertiary/aromatic N) is 1. The summed E-state index contributed by atoms with van der Waals surface area (Å²) in [6.45, 7) is 3.44. The Hall–Kier alpha value is -0.990. The molecule has 7 heteroatoms. The van der Waals surface area contributed by atoms with Crippen molar-refractivity contribution in [3.8, 4) is 0 Å². The van der Waals surface area contributed by atoms with Gasteiger partial charge < -0.3 is 14.7 Å². The van der Waals surface area contributed by atoms with Crippen LogP contribution in [0.25, 0.3) is 0 Å². The Labute approximate surface area is 144 Å². The first-order valence-electron chi connectivity index (χ1n) is 8.43. The summed E-state index contributed by atoms with van der Waals surface area (Å²) < 4.78 is 31.8. The summed E-state index contributed by atoms with van der Waals surface area (Å²) in [5, 5.41) is 10.3. The first-order chi connectivity index (χ1) is 11.4. The van der Waals surface area contributed by atoms with Crippen molar-refractivity contribution in [3.05, 3.63) is 35.9 Å². The van der Waals surface area contributed by atoms with Crippen LogP contribution in [0.3, 0.4) is 0 Å². The molecule has 0 amide bonds. The lowest BCUT2D eigenvalue weighted by Crippen LogP contribution is -2.47. The van der Waals surface area contributed by atoms with Crippen molar-refractivity contribution >= 4 is 10.0 Å². The molecular formula is C17H28N2O4S. The number of ether oxygens (including phenoxy) is 1. The second kappa shape index (κ2) is 8.92. The van der Waals surface area contributed by atoms with Crippen LogP contribution >= 0.6 is 0 Å². The third kappa shape index (κ3) is 5.82. The van der Waals surface area contributed by atoms with E-state index >= 15 is 0 Å². The van der Waals surface area contributed by atoms with Crippen LogP contribution in [0.15, 0.2) is 30.3 Å². The minimum absolute atomic E-state index is 0.0673. The molecule has 1 saturated heterocycles. The second-order valence-corrected chi connectivity index (χ2v) is 8.28. The molecule has 2 rings (SSSR count). The fraction of sp³-hybridized carbons (Fsp3) is 0.647. The van der Waals surface area contributed by atoms with E-state index in [0.29, 0.717) is 13.0 Å². The van der Waals surface area contributed by atoms with Crippen molar-refractivity contribution in [1.29, 1.82) is 0 Å². The summed E-state index contributed by atoms with van der Waals surface area (Å²) in [4.78, 5) is 2.10. The van der Waals surface area contributed by atoms with Crippen LogP contribution in [0, 0.1) is 0 Å². The molecule has 1 fully saturated rings. The Morgan fingerprint density at radius 3 is 2.71 bits per heavy atom. The maximum absolute atomic E-state index is 11.8. The standard InChI is InChI=1S/C17H28N2O4S/c1-3-11-24(21,22)18-15-13-23-16(17(15)20)12-19(2)10-9-14-7-5-4-6-8-14/h4-8,15-18,20H,3,9-13H2,1-2H3. The van der Waals surface area contributed by atoms with Gasteiger partial charge in [0.2, 0.25) is 10.0 Å². The summed E-state index contributed by atoms with van der Waals surface area (Å²) in [5.41, 5.74) is 1.27. The molecule has 1 aromatic carbocycles. The van der Waals surface area contributed by atoms with Gasteiger partial charge in [-0.05, 0) is 25.5 Å². The van der Waals surface area contributed by atoms with E-state index in [4.69, 9.17) is 4.74 Å². The molecular weight excluding hydrogens is 328 g/mol. The zero-order valence-corrected chi connectivity index (χ0v) is 15.2. The predicted molar refractivity (Wildman–Crippen MR) is 94.4 cm³/mol. The van der Waals surface area contributed by atoms with E-state index in [1.165, 1.54) is 5.56 Å². The second-order valence-electron chi connectivity index (χ2n) is 6.40. The average molecular weight is 356 g/mol. The topological polar surface area (TPSA) is 78.9 Å². The van der Waals surface area contributed by atoms with Crippen LogP contribution in [-0.2, 0) is 21.2 Å². The molecule has 1 heterocycles. The minimum atomic E-state index is -3.35. The Morgan fingerprint density at radius 1 is 1.33 bits per heavy atom. The molecule has 1 aliphatic rings. The highest BCUT2D eigenvalue weighted by Crippen LogP contribution is 2.16. The molecule has 0 saturated carbocycles. The summed E-state index contributed by atoms with van der Waals surface area (Å²) in [6, 6.07) is 9.66. The number of likely N-dealkylation sites (N-methyl/N-ethyl adjacent to an activating group) is 1. The quantitative estimate of drug-likeness (QED) is 0.678. The van der Waals surface area contributed by atoms with Crippen molar-refractivity contribution in [2.45, 2.75) is 38.0 Å². The molecule has 6 nitrogen and oxygen atoms in total. The van der Waals surface area contributed by atoms with E-state index in [1.54, 1.807) is 0 Å². The molecule has 3 unspecified atom stereocenters.